The maximum atomic E-state index is 11.1. The molecule has 1 aromatic carbocycles. The van der Waals surface area contributed by atoms with Gasteiger partial charge in [-0.1, -0.05) is 6.92 Å². The number of nitrogens with one attached hydrogen (secondary N) is 1. The molecule has 0 saturated carbocycles. The summed E-state index contributed by atoms with van der Waals surface area (Å²) in [5, 5.41) is 14.2. The summed E-state index contributed by atoms with van der Waals surface area (Å²) < 4.78 is 0. The summed E-state index contributed by atoms with van der Waals surface area (Å²) in [6.07, 6.45) is 1.55. The summed E-state index contributed by atoms with van der Waals surface area (Å²) in [5.41, 5.74) is 3.03. The van der Waals surface area contributed by atoms with E-state index >= 15 is 0 Å². The lowest BCUT2D eigenvalue weighted by Gasteiger charge is -2.35. The van der Waals surface area contributed by atoms with Crippen LogP contribution in [0.25, 0.3) is 0 Å². The molecule has 7 heteroatoms. The Morgan fingerprint density at radius 1 is 1.24 bits per heavy atom. The van der Waals surface area contributed by atoms with Crippen LogP contribution < -0.4 is 10.2 Å². The summed E-state index contributed by atoms with van der Waals surface area (Å²) >= 11 is 0. The van der Waals surface area contributed by atoms with E-state index in [4.69, 9.17) is 0 Å². The molecule has 0 atom stereocenters. The summed E-state index contributed by atoms with van der Waals surface area (Å²) in [5.74, 6) is 0.264. The first-order valence-electron chi connectivity index (χ1n) is 8.53. The second kappa shape index (κ2) is 7.48. The molecule has 0 amide bonds. The van der Waals surface area contributed by atoms with Crippen LogP contribution in [0.15, 0.2) is 36.5 Å². The van der Waals surface area contributed by atoms with Gasteiger partial charge in [0.1, 0.15) is 0 Å². The number of hydrogen-bond acceptors (Lipinski definition) is 6. The van der Waals surface area contributed by atoms with Crippen LogP contribution in [-0.4, -0.2) is 47.5 Å². The number of anilines is 3. The fourth-order valence-corrected chi connectivity index (χ4v) is 3.08. The summed E-state index contributed by atoms with van der Waals surface area (Å²) in [6.45, 7) is 9.49. The first kappa shape index (κ1) is 17.2. The van der Waals surface area contributed by atoms with E-state index in [9.17, 15) is 10.1 Å². The predicted octanol–water partition coefficient (Wildman–Crippen LogP) is 3.18. The molecule has 1 aliphatic heterocycles. The Balaban J connectivity index is 1.76. The van der Waals surface area contributed by atoms with Crippen LogP contribution in [-0.2, 0) is 0 Å². The van der Waals surface area contributed by atoms with E-state index in [0.717, 1.165) is 44.0 Å². The average molecular weight is 341 g/mol. The van der Waals surface area contributed by atoms with Crippen molar-refractivity contribution in [3.63, 3.8) is 0 Å². The molecular weight excluding hydrogens is 318 g/mol. The van der Waals surface area contributed by atoms with Crippen LogP contribution in [0.3, 0.4) is 0 Å². The van der Waals surface area contributed by atoms with E-state index in [0.29, 0.717) is 0 Å². The molecule has 1 N–H and O–H groups in total. The van der Waals surface area contributed by atoms with Crippen molar-refractivity contribution < 1.29 is 4.92 Å². The van der Waals surface area contributed by atoms with E-state index in [-0.39, 0.29) is 11.5 Å². The van der Waals surface area contributed by atoms with Crippen molar-refractivity contribution in [2.24, 2.45) is 0 Å². The maximum absolute atomic E-state index is 11.1. The zero-order chi connectivity index (χ0) is 17.8. The van der Waals surface area contributed by atoms with Gasteiger partial charge in [0.15, 0.2) is 0 Å². The van der Waals surface area contributed by atoms with Gasteiger partial charge in [-0.05, 0) is 43.3 Å². The standard InChI is InChI=1S/C18H23N5O2/c1-3-21-9-11-22(12-10-21)15-6-7-16(14(2)13-15)20-18-17(23(24)25)5-4-8-19-18/h4-8,13H,3,9-12H2,1-2H3,(H,19,20). The van der Waals surface area contributed by atoms with Gasteiger partial charge >= 0.3 is 5.69 Å². The Bertz CT molecular complexity index is 757. The molecule has 0 bridgehead atoms. The van der Waals surface area contributed by atoms with E-state index in [1.807, 2.05) is 13.0 Å². The summed E-state index contributed by atoms with van der Waals surface area (Å²) in [6, 6.07) is 9.17. The minimum Gasteiger partial charge on any atom is -0.369 e. The van der Waals surface area contributed by atoms with E-state index in [2.05, 4.69) is 39.2 Å². The monoisotopic (exact) mass is 341 g/mol. The first-order valence-corrected chi connectivity index (χ1v) is 8.53. The third kappa shape index (κ3) is 3.88. The van der Waals surface area contributed by atoms with Crippen LogP contribution in [0.5, 0.6) is 0 Å². The highest BCUT2D eigenvalue weighted by atomic mass is 16.6. The number of aromatic nitrogens is 1. The van der Waals surface area contributed by atoms with Gasteiger partial charge in [0, 0.05) is 49.8 Å². The Labute approximate surface area is 147 Å². The van der Waals surface area contributed by atoms with Gasteiger partial charge in [-0.15, -0.1) is 0 Å². The number of likely N-dealkylation sites (N-methyl/N-ethyl adjacent to an activating group) is 1. The third-order valence-electron chi connectivity index (χ3n) is 4.63. The molecular formula is C18H23N5O2. The molecule has 1 aliphatic rings. The van der Waals surface area contributed by atoms with Crippen molar-refractivity contribution in [1.82, 2.24) is 9.88 Å². The van der Waals surface area contributed by atoms with Gasteiger partial charge in [0.25, 0.3) is 0 Å². The predicted molar refractivity (Wildman–Crippen MR) is 99.7 cm³/mol. The van der Waals surface area contributed by atoms with E-state index in [1.54, 1.807) is 12.3 Å². The number of aryl methyl sites for hydroxylation is 1. The molecule has 0 aliphatic carbocycles. The average Bonchev–Trinajstić information content (AvgIpc) is 2.64. The Morgan fingerprint density at radius 2 is 2.00 bits per heavy atom. The van der Waals surface area contributed by atoms with Gasteiger partial charge in [0.2, 0.25) is 5.82 Å². The highest BCUT2D eigenvalue weighted by Crippen LogP contribution is 2.29. The molecule has 1 aromatic heterocycles. The normalized spacial score (nSPS) is 15.2. The van der Waals surface area contributed by atoms with Crippen molar-refractivity contribution >= 4 is 22.9 Å². The maximum Gasteiger partial charge on any atom is 0.311 e. The largest absolute Gasteiger partial charge is 0.369 e. The zero-order valence-electron chi connectivity index (χ0n) is 14.6. The Morgan fingerprint density at radius 3 is 2.64 bits per heavy atom. The van der Waals surface area contributed by atoms with Crippen molar-refractivity contribution in [2.45, 2.75) is 13.8 Å². The molecule has 132 valence electrons. The van der Waals surface area contributed by atoms with Crippen LogP contribution in [0.4, 0.5) is 22.9 Å². The Hall–Kier alpha value is -2.67. The molecule has 2 heterocycles. The summed E-state index contributed by atoms with van der Waals surface area (Å²) in [7, 11) is 0. The minimum atomic E-state index is -0.424. The van der Waals surface area contributed by atoms with Gasteiger partial charge in [0.05, 0.1) is 4.92 Å². The second-order valence-corrected chi connectivity index (χ2v) is 6.17. The van der Waals surface area contributed by atoms with Gasteiger partial charge < -0.3 is 15.1 Å². The van der Waals surface area contributed by atoms with Crippen molar-refractivity contribution in [3.8, 4) is 0 Å². The molecule has 2 aromatic rings. The lowest BCUT2D eigenvalue weighted by molar-refractivity contribution is -0.384. The van der Waals surface area contributed by atoms with Crippen molar-refractivity contribution in [1.29, 1.82) is 0 Å². The lowest BCUT2D eigenvalue weighted by Crippen LogP contribution is -2.46. The number of benzene rings is 1. The van der Waals surface area contributed by atoms with E-state index < -0.39 is 4.92 Å². The van der Waals surface area contributed by atoms with Crippen molar-refractivity contribution in [3.05, 3.63) is 52.2 Å². The minimum absolute atomic E-state index is 0.0262. The first-order chi connectivity index (χ1) is 12.1. The van der Waals surface area contributed by atoms with Crippen LogP contribution in [0, 0.1) is 17.0 Å². The van der Waals surface area contributed by atoms with Crippen LogP contribution >= 0.6 is 0 Å². The number of piperazine rings is 1. The molecule has 0 radical (unpaired) electrons. The third-order valence-corrected chi connectivity index (χ3v) is 4.63. The van der Waals surface area contributed by atoms with Gasteiger partial charge in [-0.25, -0.2) is 4.98 Å². The number of pyridine rings is 1. The Kier molecular flexibility index (Phi) is 5.14. The molecule has 25 heavy (non-hydrogen) atoms. The lowest BCUT2D eigenvalue weighted by atomic mass is 10.1. The highest BCUT2D eigenvalue weighted by Gasteiger charge is 2.18. The molecule has 3 rings (SSSR count). The highest BCUT2D eigenvalue weighted by molar-refractivity contribution is 5.69. The topological polar surface area (TPSA) is 74.5 Å². The van der Waals surface area contributed by atoms with Crippen LogP contribution in [0.2, 0.25) is 0 Å². The van der Waals surface area contributed by atoms with Crippen LogP contribution in [0.1, 0.15) is 12.5 Å². The molecule has 0 unspecified atom stereocenters. The van der Waals surface area contributed by atoms with Gasteiger partial charge in [-0.3, -0.25) is 10.1 Å². The number of rotatable bonds is 5. The molecule has 1 saturated heterocycles. The number of hydrogen-bond donors (Lipinski definition) is 1. The second-order valence-electron chi connectivity index (χ2n) is 6.17. The zero-order valence-corrected chi connectivity index (χ0v) is 14.6. The van der Waals surface area contributed by atoms with E-state index in [1.165, 1.54) is 11.8 Å². The summed E-state index contributed by atoms with van der Waals surface area (Å²) in [4.78, 5) is 19.6. The number of nitro groups is 1. The molecule has 7 nitrogen and oxygen atoms in total. The van der Waals surface area contributed by atoms with Crippen molar-refractivity contribution in [2.75, 3.05) is 42.9 Å². The number of nitrogens with zero attached hydrogens (tertiary/aromatic N) is 4. The quantitative estimate of drug-likeness (QED) is 0.665. The fourth-order valence-electron chi connectivity index (χ4n) is 3.08. The molecule has 0 spiro atoms. The smallest absolute Gasteiger partial charge is 0.311 e. The molecule has 1 fully saturated rings. The SMILES string of the molecule is CCN1CCN(c2ccc(Nc3ncccc3[N+](=O)[O-])c(C)c2)CC1. The fraction of sp³-hybridized carbons (Fsp3) is 0.389. The van der Waals surface area contributed by atoms with Gasteiger partial charge in [-0.2, -0.15) is 0 Å².